The summed E-state index contributed by atoms with van der Waals surface area (Å²) in [5.41, 5.74) is 2.84. The number of hydrogen-bond donors (Lipinski definition) is 1. The highest BCUT2D eigenvalue weighted by atomic mass is 16.6. The fourth-order valence-electron chi connectivity index (χ4n) is 2.40. The maximum absolute atomic E-state index is 11.9. The third kappa shape index (κ3) is 4.57. The molecule has 0 saturated carbocycles. The molecule has 1 fully saturated rings. The van der Waals surface area contributed by atoms with E-state index in [9.17, 15) is 4.79 Å². The van der Waals surface area contributed by atoms with Gasteiger partial charge in [-0.2, -0.15) is 0 Å². The third-order valence-electron chi connectivity index (χ3n) is 3.89. The van der Waals surface area contributed by atoms with Crippen LogP contribution in [0.25, 0.3) is 0 Å². The summed E-state index contributed by atoms with van der Waals surface area (Å²) in [4.78, 5) is 14.8. The number of nitrogens with one attached hydrogen (secondary N) is 1. The topological polar surface area (TPSA) is 45.4 Å². The zero-order chi connectivity index (χ0) is 16.2. The van der Waals surface area contributed by atoms with Gasteiger partial charge in [-0.15, -0.1) is 0 Å². The molecule has 0 aliphatic carbocycles. The van der Waals surface area contributed by atoms with Crippen molar-refractivity contribution in [2.75, 3.05) is 0 Å². The molecule has 3 nitrogen and oxygen atoms in total. The van der Waals surface area contributed by atoms with Gasteiger partial charge in [0.1, 0.15) is 6.10 Å². The Morgan fingerprint density at radius 1 is 1.41 bits per heavy atom. The van der Waals surface area contributed by atoms with Crippen LogP contribution in [0.15, 0.2) is 53.8 Å². The van der Waals surface area contributed by atoms with E-state index in [0.717, 1.165) is 18.4 Å². The normalized spacial score (nSPS) is 24.5. The molecule has 2 rings (SSSR count). The Bertz CT molecular complexity index is 603. The molecule has 1 saturated heterocycles. The molecule has 22 heavy (non-hydrogen) atoms. The molecule has 0 aromatic carbocycles. The summed E-state index contributed by atoms with van der Waals surface area (Å²) in [6.45, 7) is 8.30. The summed E-state index contributed by atoms with van der Waals surface area (Å²) in [6.07, 6.45) is 11.9. The van der Waals surface area contributed by atoms with Gasteiger partial charge in [0.05, 0.1) is 11.3 Å². The van der Waals surface area contributed by atoms with E-state index in [0.29, 0.717) is 5.69 Å². The smallest absolute Gasteiger partial charge is 0.202 e. The van der Waals surface area contributed by atoms with Crippen LogP contribution in [0.2, 0.25) is 0 Å². The molecule has 3 heteroatoms. The van der Waals surface area contributed by atoms with Gasteiger partial charge >= 0.3 is 0 Å². The molecule has 1 aliphatic heterocycles. The van der Waals surface area contributed by atoms with Crippen molar-refractivity contribution in [2.24, 2.45) is 0 Å². The fourth-order valence-corrected chi connectivity index (χ4v) is 2.40. The zero-order valence-corrected chi connectivity index (χ0v) is 13.8. The molecule has 0 bridgehead atoms. The lowest BCUT2D eigenvalue weighted by Crippen LogP contribution is -2.07. The minimum Gasteiger partial charge on any atom is -0.362 e. The second kappa shape index (κ2) is 6.93. The Balaban J connectivity index is 1.85. The number of carbonyl (C=O) groups is 1. The van der Waals surface area contributed by atoms with Crippen molar-refractivity contribution in [3.63, 3.8) is 0 Å². The number of carbonyl (C=O) groups excluding carboxylic acids is 1. The standard InChI is InChI=1S/C19H25NO2/c1-14(2)7-5-11-19(4)18(22-19)10-9-15(3)13-17(21)16-8-6-12-20-16/h6-10,12-13,18,20H,5,11H2,1-4H3/b10-9+,15-13-/t18-,19-/m1/s1. The van der Waals surface area contributed by atoms with E-state index in [1.54, 1.807) is 18.3 Å². The van der Waals surface area contributed by atoms with Crippen LogP contribution in [0.4, 0.5) is 0 Å². The molecule has 0 radical (unpaired) electrons. The van der Waals surface area contributed by atoms with Crippen molar-refractivity contribution < 1.29 is 9.53 Å². The minimum atomic E-state index is -0.0494. The summed E-state index contributed by atoms with van der Waals surface area (Å²) in [6, 6.07) is 3.60. The number of aromatic amines is 1. The van der Waals surface area contributed by atoms with Gasteiger partial charge in [0.15, 0.2) is 0 Å². The predicted octanol–water partition coefficient (Wildman–Crippen LogP) is 4.60. The number of hydrogen-bond acceptors (Lipinski definition) is 2. The molecule has 1 aliphatic rings. The molecular formula is C19H25NO2. The molecule has 1 N–H and O–H groups in total. The number of H-pyrrole nitrogens is 1. The van der Waals surface area contributed by atoms with Crippen molar-refractivity contribution >= 4 is 5.78 Å². The van der Waals surface area contributed by atoms with Crippen molar-refractivity contribution in [1.82, 2.24) is 4.98 Å². The molecule has 2 atom stereocenters. The highest BCUT2D eigenvalue weighted by Gasteiger charge is 2.49. The Hall–Kier alpha value is -1.87. The van der Waals surface area contributed by atoms with Crippen LogP contribution < -0.4 is 0 Å². The third-order valence-corrected chi connectivity index (χ3v) is 3.89. The fraction of sp³-hybridized carbons (Fsp3) is 0.421. The van der Waals surface area contributed by atoms with Gasteiger partial charge in [-0.05, 0) is 64.3 Å². The second-order valence-corrected chi connectivity index (χ2v) is 6.37. The molecule has 0 spiro atoms. The summed E-state index contributed by atoms with van der Waals surface area (Å²) in [7, 11) is 0. The maximum Gasteiger partial charge on any atom is 0.202 e. The molecule has 1 aromatic rings. The van der Waals surface area contributed by atoms with Gasteiger partial charge in [-0.25, -0.2) is 0 Å². The van der Waals surface area contributed by atoms with Gasteiger partial charge in [0.2, 0.25) is 5.78 Å². The van der Waals surface area contributed by atoms with Crippen molar-refractivity contribution in [3.05, 3.63) is 59.5 Å². The molecule has 0 amide bonds. The highest BCUT2D eigenvalue weighted by Crippen LogP contribution is 2.41. The van der Waals surface area contributed by atoms with Crippen LogP contribution in [0.5, 0.6) is 0 Å². The maximum atomic E-state index is 11.9. The first-order valence-electron chi connectivity index (χ1n) is 7.76. The van der Waals surface area contributed by atoms with E-state index in [4.69, 9.17) is 4.74 Å². The summed E-state index contributed by atoms with van der Waals surface area (Å²) in [5, 5.41) is 0. The van der Waals surface area contributed by atoms with Crippen molar-refractivity contribution in [1.29, 1.82) is 0 Å². The number of allylic oxidation sites excluding steroid dienone is 5. The SMILES string of the molecule is CC(C)=CCC[C@@]1(C)O[C@@H]1/C=C/C(C)=C\C(=O)c1ccc[nH]1. The number of aromatic nitrogens is 1. The monoisotopic (exact) mass is 299 g/mol. The van der Waals surface area contributed by atoms with E-state index < -0.39 is 0 Å². The van der Waals surface area contributed by atoms with Gasteiger partial charge in [0.25, 0.3) is 0 Å². The van der Waals surface area contributed by atoms with Crippen molar-refractivity contribution in [2.45, 2.75) is 52.2 Å². The molecule has 2 heterocycles. The Morgan fingerprint density at radius 2 is 2.18 bits per heavy atom. The lowest BCUT2D eigenvalue weighted by molar-refractivity contribution is 0.104. The number of ketones is 1. The van der Waals surface area contributed by atoms with Crippen LogP contribution in [-0.4, -0.2) is 22.5 Å². The zero-order valence-electron chi connectivity index (χ0n) is 13.8. The summed E-state index contributed by atoms with van der Waals surface area (Å²) < 4.78 is 5.78. The second-order valence-electron chi connectivity index (χ2n) is 6.37. The van der Waals surface area contributed by atoms with Gasteiger partial charge in [0, 0.05) is 6.20 Å². The number of ether oxygens (including phenoxy) is 1. The van der Waals surface area contributed by atoms with Crippen LogP contribution in [0.3, 0.4) is 0 Å². The largest absolute Gasteiger partial charge is 0.362 e. The lowest BCUT2D eigenvalue weighted by Gasteiger charge is -2.02. The van der Waals surface area contributed by atoms with Crippen molar-refractivity contribution in [3.8, 4) is 0 Å². The van der Waals surface area contributed by atoms with E-state index in [2.05, 4.69) is 37.9 Å². The number of epoxide rings is 1. The minimum absolute atomic E-state index is 0.00446. The first-order chi connectivity index (χ1) is 10.4. The van der Waals surface area contributed by atoms with E-state index >= 15 is 0 Å². The van der Waals surface area contributed by atoms with Crippen LogP contribution >= 0.6 is 0 Å². The van der Waals surface area contributed by atoms with Crippen LogP contribution in [0, 0.1) is 0 Å². The van der Waals surface area contributed by atoms with Gasteiger partial charge < -0.3 is 9.72 Å². The summed E-state index contributed by atoms with van der Waals surface area (Å²) in [5.74, 6) is -0.00446. The summed E-state index contributed by atoms with van der Waals surface area (Å²) >= 11 is 0. The molecule has 0 unspecified atom stereocenters. The number of rotatable bonds is 7. The lowest BCUT2D eigenvalue weighted by atomic mass is 10.00. The van der Waals surface area contributed by atoms with E-state index in [-0.39, 0.29) is 17.5 Å². The van der Waals surface area contributed by atoms with Gasteiger partial charge in [-0.1, -0.05) is 23.8 Å². The highest BCUT2D eigenvalue weighted by molar-refractivity contribution is 6.03. The first kappa shape index (κ1) is 16.5. The van der Waals surface area contributed by atoms with E-state index in [1.807, 2.05) is 19.1 Å². The molecule has 118 valence electrons. The molecular weight excluding hydrogens is 274 g/mol. The quantitative estimate of drug-likeness (QED) is 0.263. The average Bonchev–Trinajstić information content (AvgIpc) is 2.88. The van der Waals surface area contributed by atoms with Crippen LogP contribution in [-0.2, 0) is 4.74 Å². The Labute approximate surface area is 132 Å². The first-order valence-corrected chi connectivity index (χ1v) is 7.76. The Kier molecular flexibility index (Phi) is 5.19. The molecule has 1 aromatic heterocycles. The van der Waals surface area contributed by atoms with Crippen LogP contribution in [0.1, 0.15) is 51.0 Å². The van der Waals surface area contributed by atoms with E-state index in [1.165, 1.54) is 5.57 Å². The predicted molar refractivity (Wildman–Crippen MR) is 90.0 cm³/mol. The Morgan fingerprint density at radius 3 is 2.82 bits per heavy atom. The average molecular weight is 299 g/mol. The van der Waals surface area contributed by atoms with Gasteiger partial charge in [-0.3, -0.25) is 4.79 Å².